The fourth-order valence-corrected chi connectivity index (χ4v) is 2.54. The highest BCUT2D eigenvalue weighted by atomic mass is 35.5. The molecule has 5 heteroatoms. The van der Waals surface area contributed by atoms with Crippen molar-refractivity contribution in [3.8, 4) is 0 Å². The Balaban J connectivity index is 2.07. The van der Waals surface area contributed by atoms with Crippen LogP contribution in [0.5, 0.6) is 0 Å². The van der Waals surface area contributed by atoms with Gasteiger partial charge in [-0.15, -0.1) is 0 Å². The van der Waals surface area contributed by atoms with Crippen LogP contribution < -0.4 is 5.32 Å². The van der Waals surface area contributed by atoms with E-state index in [1.165, 1.54) is 11.6 Å². The molecule has 1 heterocycles. The summed E-state index contributed by atoms with van der Waals surface area (Å²) >= 11 is 5.90. The van der Waals surface area contributed by atoms with E-state index in [-0.39, 0.29) is 16.9 Å². The molecule has 0 aliphatic heterocycles. The van der Waals surface area contributed by atoms with Crippen molar-refractivity contribution in [2.75, 3.05) is 6.54 Å². The number of benzene rings is 1. The first kappa shape index (κ1) is 16.0. The van der Waals surface area contributed by atoms with Crippen molar-refractivity contribution < 1.29 is 4.39 Å². The molecule has 114 valence electrons. The van der Waals surface area contributed by atoms with Crippen LogP contribution in [-0.4, -0.2) is 16.3 Å². The third-order valence-corrected chi connectivity index (χ3v) is 3.76. The molecule has 1 unspecified atom stereocenters. The van der Waals surface area contributed by atoms with Crippen molar-refractivity contribution >= 4 is 11.6 Å². The largest absolute Gasteiger partial charge is 0.310 e. The van der Waals surface area contributed by atoms with Gasteiger partial charge in [0.25, 0.3) is 0 Å². The summed E-state index contributed by atoms with van der Waals surface area (Å²) in [5.41, 5.74) is 2.23. The smallest absolute Gasteiger partial charge is 0.141 e. The number of halogens is 2. The van der Waals surface area contributed by atoms with Crippen molar-refractivity contribution in [1.29, 1.82) is 0 Å². The number of rotatable bonds is 7. The summed E-state index contributed by atoms with van der Waals surface area (Å²) in [5, 5.41) is 7.86. The molecule has 0 bridgehead atoms. The maximum absolute atomic E-state index is 13.3. The number of aromatic nitrogens is 2. The molecule has 0 saturated heterocycles. The Morgan fingerprint density at radius 2 is 2.24 bits per heavy atom. The molecule has 0 aliphatic carbocycles. The third-order valence-electron chi connectivity index (χ3n) is 3.47. The highest BCUT2D eigenvalue weighted by Gasteiger charge is 2.13. The van der Waals surface area contributed by atoms with E-state index in [9.17, 15) is 4.39 Å². The molecule has 2 rings (SSSR count). The minimum absolute atomic E-state index is 0.170. The molecule has 21 heavy (non-hydrogen) atoms. The normalized spacial score (nSPS) is 12.6. The van der Waals surface area contributed by atoms with Gasteiger partial charge in [-0.3, -0.25) is 4.68 Å². The maximum atomic E-state index is 13.3. The van der Waals surface area contributed by atoms with Gasteiger partial charge >= 0.3 is 0 Å². The second kappa shape index (κ2) is 7.57. The van der Waals surface area contributed by atoms with Gasteiger partial charge in [0, 0.05) is 19.3 Å². The summed E-state index contributed by atoms with van der Waals surface area (Å²) in [5.74, 6) is -0.373. The standard InChI is InChI=1S/C16H21ClFN3/c1-3-8-19-16(7-4-12-10-20-21(2)11-12)13-5-6-15(18)14(17)9-13/h5-6,9-11,16,19H,3-4,7-8H2,1-2H3. The molecule has 1 N–H and O–H groups in total. The molecule has 0 aliphatic rings. The fraction of sp³-hybridized carbons (Fsp3) is 0.438. The van der Waals surface area contributed by atoms with Gasteiger partial charge in [0.05, 0.1) is 11.2 Å². The second-order valence-corrected chi connectivity index (χ2v) is 5.65. The van der Waals surface area contributed by atoms with Crippen LogP contribution >= 0.6 is 11.6 Å². The molecule has 0 amide bonds. The van der Waals surface area contributed by atoms with Gasteiger partial charge in [0.2, 0.25) is 0 Å². The average molecular weight is 310 g/mol. The average Bonchev–Trinajstić information content (AvgIpc) is 2.88. The molecule has 1 atom stereocenters. The topological polar surface area (TPSA) is 29.9 Å². The fourth-order valence-electron chi connectivity index (χ4n) is 2.35. The molecular formula is C16H21ClFN3. The van der Waals surface area contributed by atoms with Crippen LogP contribution in [0.3, 0.4) is 0 Å². The minimum atomic E-state index is -0.373. The number of hydrogen-bond donors (Lipinski definition) is 1. The van der Waals surface area contributed by atoms with E-state index in [2.05, 4.69) is 17.3 Å². The molecule has 3 nitrogen and oxygen atoms in total. The maximum Gasteiger partial charge on any atom is 0.141 e. The number of nitrogens with zero attached hydrogens (tertiary/aromatic N) is 2. The van der Waals surface area contributed by atoms with E-state index in [1.807, 2.05) is 19.4 Å². The second-order valence-electron chi connectivity index (χ2n) is 5.24. The van der Waals surface area contributed by atoms with Crippen LogP contribution in [0, 0.1) is 5.82 Å². The summed E-state index contributed by atoms with van der Waals surface area (Å²) in [6.07, 6.45) is 6.80. The van der Waals surface area contributed by atoms with Crippen molar-refractivity contribution in [3.05, 3.63) is 52.6 Å². The first-order valence-corrected chi connectivity index (χ1v) is 7.63. The quantitative estimate of drug-likeness (QED) is 0.841. The molecule has 0 radical (unpaired) electrons. The van der Waals surface area contributed by atoms with Crippen LogP contribution in [0.4, 0.5) is 4.39 Å². The Kier molecular flexibility index (Phi) is 5.76. The van der Waals surface area contributed by atoms with E-state index in [0.717, 1.165) is 31.4 Å². The summed E-state index contributed by atoms with van der Waals surface area (Å²) < 4.78 is 15.1. The molecule has 1 aromatic carbocycles. The Morgan fingerprint density at radius 1 is 1.43 bits per heavy atom. The van der Waals surface area contributed by atoms with E-state index >= 15 is 0 Å². The first-order chi connectivity index (χ1) is 10.1. The lowest BCUT2D eigenvalue weighted by Gasteiger charge is -2.19. The lowest BCUT2D eigenvalue weighted by Crippen LogP contribution is -2.22. The Bertz CT molecular complexity index is 583. The lowest BCUT2D eigenvalue weighted by atomic mass is 10.00. The van der Waals surface area contributed by atoms with E-state index < -0.39 is 0 Å². The Morgan fingerprint density at radius 3 is 2.86 bits per heavy atom. The summed E-state index contributed by atoms with van der Waals surface area (Å²) in [6.45, 7) is 3.05. The van der Waals surface area contributed by atoms with Crippen molar-refractivity contribution in [3.63, 3.8) is 0 Å². The van der Waals surface area contributed by atoms with Gasteiger partial charge in [-0.05, 0) is 49.1 Å². The SMILES string of the molecule is CCCNC(CCc1cnn(C)c1)c1ccc(F)c(Cl)c1. The van der Waals surface area contributed by atoms with Crippen molar-refractivity contribution in [1.82, 2.24) is 15.1 Å². The number of hydrogen-bond acceptors (Lipinski definition) is 2. The van der Waals surface area contributed by atoms with E-state index in [1.54, 1.807) is 16.8 Å². The van der Waals surface area contributed by atoms with E-state index in [0.29, 0.717) is 0 Å². The van der Waals surface area contributed by atoms with E-state index in [4.69, 9.17) is 11.6 Å². The molecule has 0 fully saturated rings. The summed E-state index contributed by atoms with van der Waals surface area (Å²) in [4.78, 5) is 0. The van der Waals surface area contributed by atoms with Crippen LogP contribution in [-0.2, 0) is 13.5 Å². The van der Waals surface area contributed by atoms with Gasteiger partial charge < -0.3 is 5.32 Å². The Labute approximate surface area is 130 Å². The van der Waals surface area contributed by atoms with Crippen LogP contribution in [0.1, 0.15) is 36.9 Å². The zero-order valence-electron chi connectivity index (χ0n) is 12.4. The van der Waals surface area contributed by atoms with Gasteiger partial charge in [0.15, 0.2) is 0 Å². The number of aryl methyl sites for hydroxylation is 2. The molecule has 0 spiro atoms. The zero-order chi connectivity index (χ0) is 15.2. The van der Waals surface area contributed by atoms with Crippen molar-refractivity contribution in [2.24, 2.45) is 7.05 Å². The minimum Gasteiger partial charge on any atom is -0.310 e. The van der Waals surface area contributed by atoms with Crippen LogP contribution in [0.2, 0.25) is 5.02 Å². The van der Waals surface area contributed by atoms with Gasteiger partial charge in [-0.1, -0.05) is 24.6 Å². The Hall–Kier alpha value is -1.39. The van der Waals surface area contributed by atoms with Crippen molar-refractivity contribution in [2.45, 2.75) is 32.2 Å². The third kappa shape index (κ3) is 4.55. The lowest BCUT2D eigenvalue weighted by molar-refractivity contribution is 0.498. The molecule has 2 aromatic rings. The van der Waals surface area contributed by atoms with Gasteiger partial charge in [-0.25, -0.2) is 4.39 Å². The zero-order valence-corrected chi connectivity index (χ0v) is 13.2. The highest BCUT2D eigenvalue weighted by Crippen LogP contribution is 2.24. The first-order valence-electron chi connectivity index (χ1n) is 7.26. The summed E-state index contributed by atoms with van der Waals surface area (Å²) in [7, 11) is 1.91. The molecule has 1 aromatic heterocycles. The predicted octanol–water partition coefficient (Wildman–Crippen LogP) is 3.89. The van der Waals surface area contributed by atoms with Gasteiger partial charge in [0.1, 0.15) is 5.82 Å². The predicted molar refractivity (Wildman–Crippen MR) is 84.0 cm³/mol. The summed E-state index contributed by atoms with van der Waals surface area (Å²) in [6, 6.07) is 5.12. The van der Waals surface area contributed by atoms with Crippen LogP contribution in [0.15, 0.2) is 30.6 Å². The monoisotopic (exact) mass is 309 g/mol. The molecule has 0 saturated carbocycles. The van der Waals surface area contributed by atoms with Gasteiger partial charge in [-0.2, -0.15) is 5.10 Å². The highest BCUT2D eigenvalue weighted by molar-refractivity contribution is 6.30. The number of nitrogens with one attached hydrogen (secondary N) is 1. The van der Waals surface area contributed by atoms with Crippen LogP contribution in [0.25, 0.3) is 0 Å². The molecular weight excluding hydrogens is 289 g/mol.